The van der Waals surface area contributed by atoms with Crippen LogP contribution in [0.1, 0.15) is 19.6 Å². The number of hydrogen-bond acceptors (Lipinski definition) is 4. The van der Waals surface area contributed by atoms with Crippen LogP contribution in [-0.4, -0.2) is 11.8 Å². The molecule has 1 aromatic heterocycles. The van der Waals surface area contributed by atoms with Gasteiger partial charge in [0.15, 0.2) is 5.82 Å². The molecule has 21 heavy (non-hydrogen) atoms. The Balaban J connectivity index is 2.29. The second-order valence-electron chi connectivity index (χ2n) is 5.00. The fourth-order valence-corrected chi connectivity index (χ4v) is 1.76. The van der Waals surface area contributed by atoms with Crippen LogP contribution in [0.25, 0.3) is 11.1 Å². The maximum absolute atomic E-state index is 12.8. The Hall–Kier alpha value is -2.18. The minimum atomic E-state index is -4.65. The van der Waals surface area contributed by atoms with Crippen molar-refractivity contribution in [2.45, 2.75) is 20.0 Å². The first-order valence-corrected chi connectivity index (χ1v) is 6.34. The molecule has 2 aromatic rings. The van der Waals surface area contributed by atoms with Crippen molar-refractivity contribution in [3.05, 3.63) is 30.0 Å². The fourth-order valence-electron chi connectivity index (χ4n) is 1.76. The first-order chi connectivity index (χ1) is 9.79. The third kappa shape index (κ3) is 3.48. The third-order valence-corrected chi connectivity index (χ3v) is 2.70. The van der Waals surface area contributed by atoms with Gasteiger partial charge in [-0.3, -0.25) is 0 Å². The molecule has 0 aliphatic heterocycles. The highest BCUT2D eigenvalue weighted by Gasteiger charge is 2.40. The number of hydrogen-bond donors (Lipinski definition) is 1. The molecule has 1 heterocycles. The zero-order valence-corrected chi connectivity index (χ0v) is 11.6. The lowest BCUT2D eigenvalue weighted by Gasteiger charge is -2.10. The van der Waals surface area contributed by atoms with Crippen LogP contribution in [0.15, 0.2) is 28.8 Å². The molecular formula is C14H15F3N2O2. The van der Waals surface area contributed by atoms with Crippen LogP contribution in [0.2, 0.25) is 0 Å². The highest BCUT2D eigenvalue weighted by molar-refractivity contribution is 5.76. The van der Waals surface area contributed by atoms with Crippen LogP contribution >= 0.6 is 0 Å². The molecule has 114 valence electrons. The normalized spacial score (nSPS) is 11.9. The van der Waals surface area contributed by atoms with E-state index in [1.165, 1.54) is 12.1 Å². The topological polar surface area (TPSA) is 61.3 Å². The van der Waals surface area contributed by atoms with Crippen molar-refractivity contribution in [3.63, 3.8) is 0 Å². The molecule has 0 aliphatic rings. The highest BCUT2D eigenvalue weighted by atomic mass is 19.4. The second-order valence-corrected chi connectivity index (χ2v) is 5.00. The zero-order valence-electron chi connectivity index (χ0n) is 11.6. The Morgan fingerprint density at radius 3 is 2.38 bits per heavy atom. The lowest BCUT2D eigenvalue weighted by atomic mass is 10.1. The van der Waals surface area contributed by atoms with Crippen LogP contribution in [0.3, 0.4) is 0 Å². The molecule has 0 bridgehead atoms. The van der Waals surface area contributed by atoms with Gasteiger partial charge in [0.1, 0.15) is 5.75 Å². The van der Waals surface area contributed by atoms with Gasteiger partial charge in [0.25, 0.3) is 0 Å². The van der Waals surface area contributed by atoms with E-state index in [1.54, 1.807) is 12.1 Å². The Kier molecular flexibility index (Phi) is 4.11. The molecule has 0 radical (unpaired) electrons. The summed E-state index contributed by atoms with van der Waals surface area (Å²) in [6, 6.07) is 6.16. The molecule has 0 saturated carbocycles. The van der Waals surface area contributed by atoms with Crippen molar-refractivity contribution in [2.75, 3.05) is 12.3 Å². The SMILES string of the molecule is CC(C)COc1ccc(-c2c(N)noc2C(F)(F)F)cc1. The molecule has 0 amide bonds. The van der Waals surface area contributed by atoms with Crippen LogP contribution in [0.4, 0.5) is 19.0 Å². The molecule has 0 fully saturated rings. The highest BCUT2D eigenvalue weighted by Crippen LogP contribution is 2.40. The first-order valence-electron chi connectivity index (χ1n) is 6.34. The molecule has 0 atom stereocenters. The molecule has 1 aromatic carbocycles. The van der Waals surface area contributed by atoms with E-state index in [-0.39, 0.29) is 16.9 Å². The number of benzene rings is 1. The van der Waals surface area contributed by atoms with Crippen LogP contribution < -0.4 is 10.5 Å². The Bertz CT molecular complexity index is 604. The minimum absolute atomic E-state index is 0.252. The molecule has 0 saturated heterocycles. The molecule has 0 aliphatic carbocycles. The first kappa shape index (κ1) is 15.2. The van der Waals surface area contributed by atoms with E-state index >= 15 is 0 Å². The lowest BCUT2D eigenvalue weighted by Crippen LogP contribution is -2.06. The lowest BCUT2D eigenvalue weighted by molar-refractivity contribution is -0.154. The van der Waals surface area contributed by atoms with Crippen molar-refractivity contribution in [1.29, 1.82) is 0 Å². The summed E-state index contributed by atoms with van der Waals surface area (Å²) in [5.74, 6) is -0.555. The van der Waals surface area contributed by atoms with E-state index in [1.807, 2.05) is 13.8 Å². The standard InChI is InChI=1S/C14H15F3N2O2/c1-8(2)7-20-10-5-3-9(4-6-10)11-12(14(15,16)17)21-19-13(11)18/h3-6,8H,7H2,1-2H3,(H2,18,19). The monoisotopic (exact) mass is 300 g/mol. The van der Waals surface area contributed by atoms with Gasteiger partial charge in [0.05, 0.1) is 12.2 Å². The van der Waals surface area contributed by atoms with Gasteiger partial charge in [0.2, 0.25) is 5.76 Å². The number of rotatable bonds is 4. The summed E-state index contributed by atoms with van der Waals surface area (Å²) in [6.45, 7) is 4.53. The molecule has 4 nitrogen and oxygen atoms in total. The molecule has 2 N–H and O–H groups in total. The van der Waals surface area contributed by atoms with Gasteiger partial charge in [-0.15, -0.1) is 0 Å². The number of ether oxygens (including phenoxy) is 1. The molecule has 0 unspecified atom stereocenters. The minimum Gasteiger partial charge on any atom is -0.493 e. The van der Waals surface area contributed by atoms with Gasteiger partial charge in [-0.2, -0.15) is 13.2 Å². The van der Waals surface area contributed by atoms with E-state index < -0.39 is 11.9 Å². The van der Waals surface area contributed by atoms with Gasteiger partial charge in [-0.1, -0.05) is 31.1 Å². The van der Waals surface area contributed by atoms with E-state index in [9.17, 15) is 13.2 Å². The number of nitrogens with zero attached hydrogens (tertiary/aromatic N) is 1. The number of alkyl halides is 3. The van der Waals surface area contributed by atoms with Crippen molar-refractivity contribution in [2.24, 2.45) is 5.92 Å². The third-order valence-electron chi connectivity index (χ3n) is 2.70. The van der Waals surface area contributed by atoms with E-state index in [4.69, 9.17) is 10.5 Å². The maximum Gasteiger partial charge on any atom is 0.453 e. The summed E-state index contributed by atoms with van der Waals surface area (Å²) >= 11 is 0. The van der Waals surface area contributed by atoms with Gasteiger partial charge in [0, 0.05) is 0 Å². The van der Waals surface area contributed by atoms with Crippen molar-refractivity contribution in [3.8, 4) is 16.9 Å². The molecule has 0 spiro atoms. The van der Waals surface area contributed by atoms with Crippen molar-refractivity contribution >= 4 is 5.82 Å². The zero-order chi connectivity index (χ0) is 15.6. The predicted molar refractivity (Wildman–Crippen MR) is 71.7 cm³/mol. The largest absolute Gasteiger partial charge is 0.493 e. The summed E-state index contributed by atoms with van der Waals surface area (Å²) in [4.78, 5) is 0. The summed E-state index contributed by atoms with van der Waals surface area (Å²) in [6.07, 6.45) is -4.65. The number of aromatic nitrogens is 1. The second kappa shape index (κ2) is 5.67. The van der Waals surface area contributed by atoms with Crippen molar-refractivity contribution < 1.29 is 22.4 Å². The number of anilines is 1. The van der Waals surface area contributed by atoms with Crippen LogP contribution in [0.5, 0.6) is 5.75 Å². The summed E-state index contributed by atoms with van der Waals surface area (Å²) in [5.41, 5.74) is 5.49. The number of nitrogen functional groups attached to an aromatic ring is 1. The van der Waals surface area contributed by atoms with Gasteiger partial charge < -0.3 is 15.0 Å². The Morgan fingerprint density at radius 2 is 1.86 bits per heavy atom. The summed E-state index contributed by atoms with van der Waals surface area (Å²) in [7, 11) is 0. The smallest absolute Gasteiger partial charge is 0.453 e. The van der Waals surface area contributed by atoms with E-state index in [0.717, 1.165) is 0 Å². The van der Waals surface area contributed by atoms with Crippen LogP contribution in [0, 0.1) is 5.92 Å². The van der Waals surface area contributed by atoms with Gasteiger partial charge >= 0.3 is 6.18 Å². The Morgan fingerprint density at radius 1 is 1.24 bits per heavy atom. The molecule has 7 heteroatoms. The summed E-state index contributed by atoms with van der Waals surface area (Å²) < 4.78 is 48.2. The summed E-state index contributed by atoms with van der Waals surface area (Å²) in [5, 5.41) is 3.19. The maximum atomic E-state index is 12.8. The fraction of sp³-hybridized carbons (Fsp3) is 0.357. The molecule has 2 rings (SSSR count). The number of halogens is 3. The van der Waals surface area contributed by atoms with E-state index in [2.05, 4.69) is 9.68 Å². The Labute approximate surface area is 119 Å². The van der Waals surface area contributed by atoms with Gasteiger partial charge in [-0.05, 0) is 23.6 Å². The quantitative estimate of drug-likeness (QED) is 0.927. The average molecular weight is 300 g/mol. The molecular weight excluding hydrogens is 285 g/mol. The van der Waals surface area contributed by atoms with Crippen LogP contribution in [-0.2, 0) is 6.18 Å². The van der Waals surface area contributed by atoms with E-state index in [0.29, 0.717) is 18.3 Å². The predicted octanol–water partition coefficient (Wildman–Crippen LogP) is 3.98. The average Bonchev–Trinajstić information content (AvgIpc) is 2.79. The van der Waals surface area contributed by atoms with Gasteiger partial charge in [-0.25, -0.2) is 0 Å². The van der Waals surface area contributed by atoms with Crippen molar-refractivity contribution in [1.82, 2.24) is 5.16 Å². The number of nitrogens with two attached hydrogens (primary N) is 1.